The zero-order chi connectivity index (χ0) is 20.2. The molecule has 2 aromatic rings. The zero-order valence-electron chi connectivity index (χ0n) is 14.6. The topological polar surface area (TPSA) is 127 Å². The fraction of sp³-hybridized carbons (Fsp3) is 0.333. The van der Waals surface area contributed by atoms with E-state index < -0.39 is 42.9 Å². The Morgan fingerprint density at radius 1 is 0.643 bits per heavy atom. The molecule has 1 aliphatic carbocycles. The first kappa shape index (κ1) is 19.5. The van der Waals surface area contributed by atoms with Crippen LogP contribution in [0.25, 0.3) is 0 Å². The van der Waals surface area contributed by atoms with Crippen molar-refractivity contribution in [2.75, 3.05) is 11.5 Å². The molecule has 5 rings (SSSR count). The van der Waals surface area contributed by atoms with Gasteiger partial charge in [0, 0.05) is 12.8 Å². The van der Waals surface area contributed by atoms with E-state index in [1.54, 1.807) is 48.5 Å². The van der Waals surface area contributed by atoms with Crippen LogP contribution < -0.4 is 0 Å². The minimum absolute atomic E-state index is 0.0890. The van der Waals surface area contributed by atoms with Crippen LogP contribution in [0.1, 0.15) is 35.1 Å². The predicted molar refractivity (Wildman–Crippen MR) is 98.7 cm³/mol. The molecule has 150 valence electrons. The molecule has 0 spiro atoms. The van der Waals surface area contributed by atoms with Crippen LogP contribution in [-0.4, -0.2) is 37.4 Å². The van der Waals surface area contributed by atoms with Crippen LogP contribution in [0.4, 0.5) is 0 Å². The maximum Gasteiger partial charge on any atom is 0.264 e. The maximum absolute atomic E-state index is 11.4. The van der Waals surface area contributed by atoms with Crippen LogP contribution in [-0.2, 0) is 41.2 Å². The summed E-state index contributed by atoms with van der Waals surface area (Å²) < 4.78 is 64.2. The van der Waals surface area contributed by atoms with Crippen molar-refractivity contribution < 1.29 is 35.7 Å². The van der Waals surface area contributed by atoms with Gasteiger partial charge in [-0.05, 0) is 22.3 Å². The van der Waals surface area contributed by atoms with Crippen molar-refractivity contribution in [3.8, 4) is 0 Å². The molecule has 0 atom stereocenters. The highest BCUT2D eigenvalue weighted by Gasteiger charge is 2.59. The van der Waals surface area contributed by atoms with Gasteiger partial charge < -0.3 is 0 Å². The summed E-state index contributed by atoms with van der Waals surface area (Å²) >= 11 is 0. The average Bonchev–Trinajstić information content (AvgIpc) is 2.65. The van der Waals surface area contributed by atoms with Crippen molar-refractivity contribution in [2.24, 2.45) is 0 Å². The van der Waals surface area contributed by atoms with Crippen LogP contribution in [0, 0.1) is 0 Å². The van der Waals surface area contributed by atoms with Crippen LogP contribution >= 0.6 is 0 Å². The average molecular weight is 426 g/mol. The van der Waals surface area contributed by atoms with Crippen molar-refractivity contribution in [1.29, 1.82) is 0 Å². The Balaban J connectivity index is 1.93. The van der Waals surface area contributed by atoms with Crippen LogP contribution in [0.5, 0.6) is 0 Å². The summed E-state index contributed by atoms with van der Waals surface area (Å²) in [5.41, 5.74) is 0.0295. The lowest BCUT2D eigenvalue weighted by molar-refractivity contribution is -0.429. The number of benzene rings is 2. The molecule has 0 amide bonds. The summed E-state index contributed by atoms with van der Waals surface area (Å²) in [6.45, 7) is 0. The maximum atomic E-state index is 11.4. The van der Waals surface area contributed by atoms with Crippen LogP contribution in [0.15, 0.2) is 48.5 Å². The highest BCUT2D eigenvalue weighted by molar-refractivity contribution is 7.86. The van der Waals surface area contributed by atoms with E-state index in [1.165, 1.54) is 0 Å². The third kappa shape index (κ3) is 3.06. The van der Waals surface area contributed by atoms with Gasteiger partial charge in [0.1, 0.15) is 0 Å². The summed E-state index contributed by atoms with van der Waals surface area (Å²) in [5, 5.41) is 0. The SMILES string of the molecule is O=S(=O)(O)CCC12OOC(CCS(=O)(=O)O)(c3ccccc31)c1ccccc12. The van der Waals surface area contributed by atoms with E-state index in [2.05, 4.69) is 0 Å². The molecule has 0 saturated carbocycles. The smallest absolute Gasteiger partial charge is 0.264 e. The van der Waals surface area contributed by atoms with Gasteiger partial charge in [-0.1, -0.05) is 48.5 Å². The first-order valence-electron chi connectivity index (χ1n) is 8.55. The Bertz CT molecular complexity index is 1000. The molecule has 0 aromatic heterocycles. The summed E-state index contributed by atoms with van der Waals surface area (Å²) in [6.07, 6.45) is -0.178. The Labute approximate surface area is 162 Å². The molecular weight excluding hydrogens is 408 g/mol. The second kappa shape index (κ2) is 6.34. The van der Waals surface area contributed by atoms with Gasteiger partial charge in [-0.15, -0.1) is 0 Å². The third-order valence-corrected chi connectivity index (χ3v) is 6.78. The number of rotatable bonds is 6. The number of fused-ring (bicyclic) bond motifs is 1. The normalized spacial score (nSPS) is 25.9. The molecule has 3 aliphatic rings. The first-order valence-corrected chi connectivity index (χ1v) is 11.8. The quantitative estimate of drug-likeness (QED) is 0.530. The Hall–Kier alpha value is -1.82. The molecule has 2 heterocycles. The van der Waals surface area contributed by atoms with Crippen molar-refractivity contribution in [3.63, 3.8) is 0 Å². The fourth-order valence-electron chi connectivity index (χ4n) is 4.15. The lowest BCUT2D eigenvalue weighted by atomic mass is 9.65. The predicted octanol–water partition coefficient (Wildman–Crippen LogP) is 2.00. The van der Waals surface area contributed by atoms with E-state index in [0.29, 0.717) is 22.3 Å². The molecule has 2 N–H and O–H groups in total. The standard InChI is InChI=1S/C18H18O8S2/c19-27(20,21)11-9-17-13-5-1-2-6-14(13)18(26-25-17,10-12-28(22,23)24)16-8-4-3-7-15(16)17/h1-8H,9-12H2,(H,19,20,21)(H,22,23,24). The number of hydrogen-bond acceptors (Lipinski definition) is 6. The Morgan fingerprint density at radius 2 is 0.929 bits per heavy atom. The van der Waals surface area contributed by atoms with Gasteiger partial charge in [0.2, 0.25) is 0 Å². The summed E-state index contributed by atoms with van der Waals surface area (Å²) in [7, 11) is -8.50. The highest BCUT2D eigenvalue weighted by atomic mass is 32.2. The lowest BCUT2D eigenvalue weighted by Gasteiger charge is -2.53. The van der Waals surface area contributed by atoms with E-state index in [1.807, 2.05) is 0 Å². The lowest BCUT2D eigenvalue weighted by Crippen LogP contribution is -2.53. The van der Waals surface area contributed by atoms with Gasteiger partial charge >= 0.3 is 0 Å². The van der Waals surface area contributed by atoms with Gasteiger partial charge in [-0.2, -0.15) is 16.8 Å². The van der Waals surface area contributed by atoms with Crippen molar-refractivity contribution in [2.45, 2.75) is 24.0 Å². The molecule has 0 fully saturated rings. The first-order chi connectivity index (χ1) is 13.1. The molecule has 2 aromatic carbocycles. The molecule has 10 heteroatoms. The van der Waals surface area contributed by atoms with Crippen molar-refractivity contribution in [1.82, 2.24) is 0 Å². The summed E-state index contributed by atoms with van der Waals surface area (Å²) in [5.74, 6) is -1.09. The van der Waals surface area contributed by atoms with Gasteiger partial charge in [0.15, 0.2) is 11.2 Å². The van der Waals surface area contributed by atoms with Gasteiger partial charge in [-0.3, -0.25) is 9.11 Å². The van der Waals surface area contributed by atoms with E-state index in [-0.39, 0.29) is 12.8 Å². The molecule has 2 aliphatic heterocycles. The molecule has 28 heavy (non-hydrogen) atoms. The third-order valence-electron chi connectivity index (χ3n) is 5.34. The molecule has 8 nitrogen and oxygen atoms in total. The van der Waals surface area contributed by atoms with E-state index in [4.69, 9.17) is 9.78 Å². The molecule has 2 bridgehead atoms. The van der Waals surface area contributed by atoms with Gasteiger partial charge in [-0.25, -0.2) is 9.78 Å². The molecular formula is C18H18O8S2. The number of hydrogen-bond donors (Lipinski definition) is 2. The van der Waals surface area contributed by atoms with E-state index in [0.717, 1.165) is 0 Å². The summed E-state index contributed by atoms with van der Waals surface area (Å²) in [6, 6.07) is 14.1. The van der Waals surface area contributed by atoms with Crippen molar-refractivity contribution >= 4 is 20.2 Å². The van der Waals surface area contributed by atoms with Gasteiger partial charge in [0.05, 0.1) is 11.5 Å². The molecule has 0 saturated heterocycles. The zero-order valence-corrected chi connectivity index (χ0v) is 16.2. The fourth-order valence-corrected chi connectivity index (χ4v) is 5.25. The van der Waals surface area contributed by atoms with Gasteiger partial charge in [0.25, 0.3) is 20.2 Å². The Kier molecular flexibility index (Phi) is 4.42. The second-order valence-corrected chi connectivity index (χ2v) is 10.1. The summed E-state index contributed by atoms with van der Waals surface area (Å²) in [4.78, 5) is 11.5. The van der Waals surface area contributed by atoms with Crippen LogP contribution in [0.3, 0.4) is 0 Å². The largest absolute Gasteiger partial charge is 0.286 e. The van der Waals surface area contributed by atoms with Crippen molar-refractivity contribution in [3.05, 3.63) is 70.8 Å². The highest BCUT2D eigenvalue weighted by Crippen LogP contribution is 2.59. The monoisotopic (exact) mass is 426 g/mol. The molecule has 0 unspecified atom stereocenters. The Morgan fingerprint density at radius 3 is 1.18 bits per heavy atom. The van der Waals surface area contributed by atoms with E-state index >= 15 is 0 Å². The minimum Gasteiger partial charge on any atom is -0.286 e. The minimum atomic E-state index is -4.25. The molecule has 0 radical (unpaired) electrons. The van der Waals surface area contributed by atoms with Crippen LogP contribution in [0.2, 0.25) is 0 Å². The van der Waals surface area contributed by atoms with E-state index in [9.17, 15) is 25.9 Å². The second-order valence-electron chi connectivity index (χ2n) is 6.98.